The van der Waals surface area contributed by atoms with E-state index in [0.29, 0.717) is 5.71 Å². The Labute approximate surface area is 119 Å². The van der Waals surface area contributed by atoms with Crippen molar-refractivity contribution in [2.75, 3.05) is 14.1 Å². The van der Waals surface area contributed by atoms with Crippen LogP contribution < -0.4 is 0 Å². The summed E-state index contributed by atoms with van der Waals surface area (Å²) in [6.45, 7) is 1.76. The first-order valence-corrected chi connectivity index (χ1v) is 7.08. The zero-order chi connectivity index (χ0) is 14.7. The molecule has 1 aliphatic heterocycles. The summed E-state index contributed by atoms with van der Waals surface area (Å²) in [6, 6.07) is 0.263. The van der Waals surface area contributed by atoms with Crippen molar-refractivity contribution in [3.63, 3.8) is 0 Å². The topological polar surface area (TPSA) is 62.1 Å². The molecule has 1 aliphatic carbocycles. The highest BCUT2D eigenvalue weighted by Crippen LogP contribution is 2.27. The summed E-state index contributed by atoms with van der Waals surface area (Å²) in [6.07, 6.45) is 7.32. The fraction of sp³-hybridized carbons (Fsp3) is 0.600. The van der Waals surface area contributed by atoms with Crippen LogP contribution >= 0.6 is 0 Å². The molecule has 0 amide bonds. The lowest BCUT2D eigenvalue weighted by Gasteiger charge is -2.18. The summed E-state index contributed by atoms with van der Waals surface area (Å²) in [4.78, 5) is 18.2. The predicted octanol–water partition coefficient (Wildman–Crippen LogP) is 2.55. The van der Waals surface area contributed by atoms with Crippen molar-refractivity contribution < 1.29 is 14.6 Å². The quantitative estimate of drug-likeness (QED) is 0.636. The van der Waals surface area contributed by atoms with Crippen LogP contribution in [0.15, 0.2) is 28.3 Å². The van der Waals surface area contributed by atoms with Gasteiger partial charge in [0.25, 0.3) is 0 Å². The van der Waals surface area contributed by atoms with Gasteiger partial charge in [0, 0.05) is 20.3 Å². The van der Waals surface area contributed by atoms with Gasteiger partial charge in [-0.2, -0.15) is 0 Å². The molecule has 110 valence electrons. The van der Waals surface area contributed by atoms with E-state index in [1.807, 2.05) is 0 Å². The van der Waals surface area contributed by atoms with E-state index in [2.05, 4.69) is 4.99 Å². The normalized spacial score (nSPS) is 23.4. The number of nitrogens with zero attached hydrogens (tertiary/aromatic N) is 2. The van der Waals surface area contributed by atoms with Crippen LogP contribution in [0.4, 0.5) is 0 Å². The minimum absolute atomic E-state index is 0.110. The third kappa shape index (κ3) is 3.21. The van der Waals surface area contributed by atoms with Crippen molar-refractivity contribution in [3.8, 4) is 0 Å². The molecule has 1 N–H and O–H groups in total. The van der Waals surface area contributed by atoms with Gasteiger partial charge in [-0.3, -0.25) is 4.99 Å². The summed E-state index contributed by atoms with van der Waals surface area (Å²) in [5.41, 5.74) is 0.769. The van der Waals surface area contributed by atoms with Crippen molar-refractivity contribution in [1.29, 1.82) is 0 Å². The van der Waals surface area contributed by atoms with E-state index in [0.717, 1.165) is 12.8 Å². The number of aliphatic hydroxyl groups excluding tert-OH is 1. The number of cyclic esters (lactones) is 1. The molecule has 0 aromatic heterocycles. The number of rotatable bonds is 3. The number of aliphatic imine (C=N–C) groups is 1. The minimum atomic E-state index is -0.521. The van der Waals surface area contributed by atoms with Gasteiger partial charge in [0.15, 0.2) is 11.5 Å². The lowest BCUT2D eigenvalue weighted by molar-refractivity contribution is -0.132. The fourth-order valence-electron chi connectivity index (χ4n) is 2.61. The van der Waals surface area contributed by atoms with Crippen LogP contribution in [0.2, 0.25) is 0 Å². The fourth-order valence-corrected chi connectivity index (χ4v) is 2.61. The second kappa shape index (κ2) is 6.11. The van der Waals surface area contributed by atoms with Crippen LogP contribution in [0.25, 0.3) is 0 Å². The third-order valence-electron chi connectivity index (χ3n) is 3.57. The minimum Gasteiger partial charge on any atom is -0.504 e. The lowest BCUT2D eigenvalue weighted by atomic mass is 9.95. The largest absolute Gasteiger partial charge is 0.504 e. The molecule has 0 spiro atoms. The number of hydrogen-bond donors (Lipinski definition) is 1. The molecule has 20 heavy (non-hydrogen) atoms. The van der Waals surface area contributed by atoms with Gasteiger partial charge < -0.3 is 14.7 Å². The van der Waals surface area contributed by atoms with Gasteiger partial charge in [-0.15, -0.1) is 0 Å². The van der Waals surface area contributed by atoms with Crippen molar-refractivity contribution in [2.24, 2.45) is 4.99 Å². The molecule has 5 heteroatoms. The highest BCUT2D eigenvalue weighted by atomic mass is 16.6. The second-order valence-corrected chi connectivity index (χ2v) is 5.58. The Morgan fingerprint density at radius 2 is 2.00 bits per heavy atom. The number of ether oxygens (including phenoxy) is 1. The van der Waals surface area contributed by atoms with E-state index in [1.54, 1.807) is 32.1 Å². The first-order chi connectivity index (χ1) is 9.49. The maximum absolute atomic E-state index is 11.9. The molecule has 0 aromatic rings. The van der Waals surface area contributed by atoms with Gasteiger partial charge in [-0.05, 0) is 19.8 Å². The molecule has 2 aliphatic rings. The van der Waals surface area contributed by atoms with Crippen molar-refractivity contribution in [3.05, 3.63) is 23.3 Å². The summed E-state index contributed by atoms with van der Waals surface area (Å²) in [5, 5.41) is 10.1. The maximum Gasteiger partial charge on any atom is 0.349 e. The molecule has 1 heterocycles. The van der Waals surface area contributed by atoms with Crippen molar-refractivity contribution >= 4 is 11.7 Å². The SMILES string of the molecule is CC(=NC1CCCCC1)C1=C(O)/C(=C\N(C)C)OC1=O. The molecule has 0 atom stereocenters. The summed E-state index contributed by atoms with van der Waals surface area (Å²) in [7, 11) is 3.60. The molecule has 0 aromatic carbocycles. The lowest BCUT2D eigenvalue weighted by Crippen LogP contribution is -2.15. The molecular weight excluding hydrogens is 256 g/mol. The van der Waals surface area contributed by atoms with Gasteiger partial charge in [0.05, 0.1) is 11.8 Å². The maximum atomic E-state index is 11.9. The van der Waals surface area contributed by atoms with E-state index in [-0.39, 0.29) is 23.1 Å². The average molecular weight is 278 g/mol. The number of carbonyl (C=O) groups excluding carboxylic acids is 1. The molecular formula is C15H22N2O3. The Hall–Kier alpha value is -1.78. The van der Waals surface area contributed by atoms with Gasteiger partial charge >= 0.3 is 5.97 Å². The van der Waals surface area contributed by atoms with Crippen molar-refractivity contribution in [1.82, 2.24) is 4.90 Å². The zero-order valence-corrected chi connectivity index (χ0v) is 12.3. The predicted molar refractivity (Wildman–Crippen MR) is 77.5 cm³/mol. The van der Waals surface area contributed by atoms with Crippen LogP contribution in [0.5, 0.6) is 0 Å². The second-order valence-electron chi connectivity index (χ2n) is 5.58. The van der Waals surface area contributed by atoms with Crippen LogP contribution in [-0.4, -0.2) is 41.8 Å². The van der Waals surface area contributed by atoms with E-state index in [1.165, 1.54) is 19.3 Å². The number of aliphatic hydroxyl groups is 1. The van der Waals surface area contributed by atoms with E-state index >= 15 is 0 Å². The van der Waals surface area contributed by atoms with Crippen LogP contribution in [-0.2, 0) is 9.53 Å². The van der Waals surface area contributed by atoms with E-state index in [4.69, 9.17) is 4.74 Å². The highest BCUT2D eigenvalue weighted by molar-refractivity contribution is 6.21. The van der Waals surface area contributed by atoms with Gasteiger partial charge in [0.2, 0.25) is 0 Å². The number of hydrogen-bond acceptors (Lipinski definition) is 5. The van der Waals surface area contributed by atoms with E-state index in [9.17, 15) is 9.90 Å². The zero-order valence-electron chi connectivity index (χ0n) is 12.3. The molecule has 0 radical (unpaired) electrons. The van der Waals surface area contributed by atoms with E-state index < -0.39 is 5.97 Å². The molecule has 0 unspecified atom stereocenters. The number of carbonyl (C=O) groups is 1. The molecule has 2 rings (SSSR count). The van der Waals surface area contributed by atoms with Gasteiger partial charge in [0.1, 0.15) is 5.57 Å². The van der Waals surface area contributed by atoms with Crippen molar-refractivity contribution in [2.45, 2.75) is 45.1 Å². The van der Waals surface area contributed by atoms with Crippen LogP contribution in [0.3, 0.4) is 0 Å². The Bertz CT molecular complexity index is 483. The Kier molecular flexibility index (Phi) is 4.47. The Balaban J connectivity index is 2.23. The standard InChI is InChI=1S/C15H22N2O3/c1-10(16-11-7-5-4-6-8-11)13-14(18)12(9-17(2)3)20-15(13)19/h9,11,18H,4-8H2,1-3H3/b12-9+,16-10?. The highest BCUT2D eigenvalue weighted by Gasteiger charge is 2.32. The molecule has 1 saturated carbocycles. The average Bonchev–Trinajstić information content (AvgIpc) is 2.64. The monoisotopic (exact) mass is 278 g/mol. The van der Waals surface area contributed by atoms with Gasteiger partial charge in [-0.1, -0.05) is 19.3 Å². The smallest absolute Gasteiger partial charge is 0.349 e. The van der Waals surface area contributed by atoms with Crippen LogP contribution in [0.1, 0.15) is 39.0 Å². The van der Waals surface area contributed by atoms with Gasteiger partial charge in [-0.25, -0.2) is 4.79 Å². The molecule has 5 nitrogen and oxygen atoms in total. The molecule has 1 fully saturated rings. The summed E-state index contributed by atoms with van der Waals surface area (Å²) < 4.78 is 5.08. The Morgan fingerprint density at radius 3 is 2.60 bits per heavy atom. The Morgan fingerprint density at radius 1 is 1.35 bits per heavy atom. The first-order valence-electron chi connectivity index (χ1n) is 7.08. The summed E-state index contributed by atoms with van der Waals surface area (Å²) >= 11 is 0. The first kappa shape index (κ1) is 14.6. The molecule has 0 bridgehead atoms. The molecule has 0 saturated heterocycles. The third-order valence-corrected chi connectivity index (χ3v) is 3.57. The summed E-state index contributed by atoms with van der Waals surface area (Å²) in [5.74, 6) is -0.443. The van der Waals surface area contributed by atoms with Crippen LogP contribution in [0, 0.1) is 0 Å². The number of esters is 1.